The van der Waals surface area contributed by atoms with E-state index in [0.717, 1.165) is 50.0 Å². The van der Waals surface area contributed by atoms with Crippen LogP contribution in [0, 0.1) is 0 Å². The van der Waals surface area contributed by atoms with Crippen molar-refractivity contribution in [3.05, 3.63) is 106 Å². The Labute approximate surface area is 253 Å². The Morgan fingerprint density at radius 3 is 2.24 bits per heavy atom. The van der Waals surface area contributed by atoms with Crippen molar-refractivity contribution in [2.45, 2.75) is 37.6 Å². The Balaban J connectivity index is 1.50. The number of nitrogens with zero attached hydrogens (tertiary/aromatic N) is 2. The molecule has 1 atom stereocenters. The minimum absolute atomic E-state index is 0.0128. The third-order valence-electron chi connectivity index (χ3n) is 7.97. The lowest BCUT2D eigenvalue weighted by Gasteiger charge is -2.43. The van der Waals surface area contributed by atoms with Crippen molar-refractivity contribution in [1.29, 1.82) is 0 Å². The van der Waals surface area contributed by atoms with E-state index in [2.05, 4.69) is 22.3 Å². The van der Waals surface area contributed by atoms with Crippen LogP contribution in [0.2, 0.25) is 10.0 Å². The Kier molecular flexibility index (Phi) is 11.2. The lowest BCUT2D eigenvalue weighted by molar-refractivity contribution is -0.121. The molecule has 6 nitrogen and oxygen atoms in total. The van der Waals surface area contributed by atoms with Crippen LogP contribution in [0.5, 0.6) is 0 Å². The number of piperidine rings is 1. The summed E-state index contributed by atoms with van der Waals surface area (Å²) in [5.41, 5.74) is 2.50. The average Bonchev–Trinajstić information content (AvgIpc) is 2.99. The number of rotatable bonds is 12. The topological polar surface area (TPSA) is 61.9 Å². The summed E-state index contributed by atoms with van der Waals surface area (Å²) in [5, 5.41) is 4.28. The van der Waals surface area contributed by atoms with Crippen molar-refractivity contribution >= 4 is 35.0 Å². The number of hydrogen-bond acceptors (Lipinski definition) is 4. The maximum Gasteiger partial charge on any atom is 0.253 e. The van der Waals surface area contributed by atoms with Crippen LogP contribution in [0.4, 0.5) is 0 Å². The Morgan fingerprint density at radius 2 is 1.63 bits per heavy atom. The molecule has 41 heavy (non-hydrogen) atoms. The minimum atomic E-state index is -0.355. The third kappa shape index (κ3) is 8.32. The second-order valence-corrected chi connectivity index (χ2v) is 11.6. The third-order valence-corrected chi connectivity index (χ3v) is 8.71. The molecular formula is C33H39Cl2N3O3. The van der Waals surface area contributed by atoms with E-state index in [0.29, 0.717) is 35.3 Å². The van der Waals surface area contributed by atoms with Gasteiger partial charge in [-0.2, -0.15) is 0 Å². The highest BCUT2D eigenvalue weighted by Gasteiger charge is 2.37. The second kappa shape index (κ2) is 14.8. The van der Waals surface area contributed by atoms with E-state index in [1.54, 1.807) is 14.0 Å². The molecule has 0 saturated carbocycles. The molecule has 2 amide bonds. The number of carbonyl (C=O) groups excluding carboxylic acids is 2. The molecule has 1 unspecified atom stereocenters. The van der Waals surface area contributed by atoms with Gasteiger partial charge < -0.3 is 19.9 Å². The minimum Gasteiger partial charge on any atom is -0.383 e. The van der Waals surface area contributed by atoms with Crippen LogP contribution in [0.1, 0.15) is 53.6 Å². The maximum atomic E-state index is 13.5. The fourth-order valence-electron chi connectivity index (χ4n) is 5.71. The monoisotopic (exact) mass is 595 g/mol. The largest absolute Gasteiger partial charge is 0.383 e. The zero-order chi connectivity index (χ0) is 29.2. The summed E-state index contributed by atoms with van der Waals surface area (Å²) in [5.74, 6) is 0.0142. The summed E-state index contributed by atoms with van der Waals surface area (Å²) in [7, 11) is 1.65. The molecule has 1 heterocycles. The highest BCUT2D eigenvalue weighted by atomic mass is 35.5. The lowest BCUT2D eigenvalue weighted by Crippen LogP contribution is -2.52. The number of carbonyl (C=O) groups is 2. The number of ether oxygens (including phenoxy) is 1. The molecule has 3 aromatic carbocycles. The fourth-order valence-corrected chi connectivity index (χ4v) is 6.02. The normalized spacial score (nSPS) is 15.7. The van der Waals surface area contributed by atoms with Gasteiger partial charge in [0.2, 0.25) is 5.91 Å². The maximum absolute atomic E-state index is 13.5. The molecule has 0 spiro atoms. The van der Waals surface area contributed by atoms with Gasteiger partial charge in [-0.3, -0.25) is 9.59 Å². The van der Waals surface area contributed by atoms with Crippen LogP contribution in [-0.4, -0.2) is 68.1 Å². The van der Waals surface area contributed by atoms with Gasteiger partial charge in [-0.15, -0.1) is 0 Å². The molecule has 0 aromatic heterocycles. The number of amides is 2. The molecule has 1 aliphatic rings. The molecule has 3 aromatic rings. The molecular weight excluding hydrogens is 557 g/mol. The first-order chi connectivity index (χ1) is 19.8. The number of hydrogen-bond donors (Lipinski definition) is 1. The predicted octanol–water partition coefficient (Wildman–Crippen LogP) is 6.38. The zero-order valence-electron chi connectivity index (χ0n) is 23.8. The molecule has 1 N–H and O–H groups in total. The summed E-state index contributed by atoms with van der Waals surface area (Å²) in [6.07, 6.45) is 2.50. The van der Waals surface area contributed by atoms with Gasteiger partial charge in [-0.05, 0) is 61.2 Å². The van der Waals surface area contributed by atoms with Crippen molar-refractivity contribution < 1.29 is 14.3 Å². The summed E-state index contributed by atoms with van der Waals surface area (Å²) >= 11 is 12.7. The van der Waals surface area contributed by atoms with Crippen molar-refractivity contribution in [2.75, 3.05) is 46.4 Å². The quantitative estimate of drug-likeness (QED) is 0.264. The van der Waals surface area contributed by atoms with E-state index < -0.39 is 0 Å². The van der Waals surface area contributed by atoms with Crippen molar-refractivity contribution in [1.82, 2.24) is 15.1 Å². The van der Waals surface area contributed by atoms with Gasteiger partial charge in [0.05, 0.1) is 22.2 Å². The van der Waals surface area contributed by atoms with Gasteiger partial charge in [-0.25, -0.2) is 0 Å². The van der Waals surface area contributed by atoms with Crippen LogP contribution in [-0.2, 0) is 15.1 Å². The predicted molar refractivity (Wildman–Crippen MR) is 166 cm³/mol. The number of methoxy groups -OCH3 is 1. The van der Waals surface area contributed by atoms with Crippen molar-refractivity contribution in [3.63, 3.8) is 0 Å². The van der Waals surface area contributed by atoms with E-state index in [4.69, 9.17) is 27.9 Å². The van der Waals surface area contributed by atoms with E-state index in [1.165, 1.54) is 0 Å². The second-order valence-electron chi connectivity index (χ2n) is 10.7. The van der Waals surface area contributed by atoms with Gasteiger partial charge in [0.15, 0.2) is 0 Å². The molecule has 1 aliphatic heterocycles. The van der Waals surface area contributed by atoms with E-state index >= 15 is 0 Å². The highest BCUT2D eigenvalue weighted by molar-refractivity contribution is 6.42. The van der Waals surface area contributed by atoms with Crippen LogP contribution in [0.3, 0.4) is 0 Å². The van der Waals surface area contributed by atoms with Gasteiger partial charge in [0.25, 0.3) is 5.91 Å². The van der Waals surface area contributed by atoms with Gasteiger partial charge in [0.1, 0.15) is 0 Å². The molecule has 1 fully saturated rings. The van der Waals surface area contributed by atoms with Crippen LogP contribution < -0.4 is 5.32 Å². The summed E-state index contributed by atoms with van der Waals surface area (Å²) in [4.78, 5) is 30.0. The Hall–Kier alpha value is -2.90. The van der Waals surface area contributed by atoms with Crippen molar-refractivity contribution in [3.8, 4) is 0 Å². The summed E-state index contributed by atoms with van der Waals surface area (Å²) < 4.78 is 5.35. The molecule has 0 aliphatic carbocycles. The standard InChI is InChI=1S/C33H39Cl2N3O3/c1-25(39)36-33(29-11-7-4-8-12-29)16-19-37(20-17-33)18-15-28(27-13-14-30(34)31(35)23-27)24-38(21-22-41-2)32(40)26-9-5-3-6-10-26/h3-14,23,28H,15-22,24H2,1-2H3,(H,36,39). The summed E-state index contributed by atoms with van der Waals surface area (Å²) in [6, 6.07) is 25.4. The van der Waals surface area contributed by atoms with Crippen LogP contribution in [0.25, 0.3) is 0 Å². The van der Waals surface area contributed by atoms with Gasteiger partial charge in [0, 0.05) is 51.7 Å². The molecule has 0 radical (unpaired) electrons. The Morgan fingerprint density at radius 1 is 0.976 bits per heavy atom. The molecule has 1 saturated heterocycles. The number of halogens is 2. The summed E-state index contributed by atoms with van der Waals surface area (Å²) in [6.45, 7) is 5.63. The van der Waals surface area contributed by atoms with Crippen LogP contribution in [0.15, 0.2) is 78.9 Å². The van der Waals surface area contributed by atoms with E-state index in [1.807, 2.05) is 71.6 Å². The molecule has 4 rings (SSSR count). The van der Waals surface area contributed by atoms with Crippen LogP contribution >= 0.6 is 23.2 Å². The smallest absolute Gasteiger partial charge is 0.253 e. The van der Waals surface area contributed by atoms with Gasteiger partial charge in [-0.1, -0.05) is 77.8 Å². The van der Waals surface area contributed by atoms with E-state index in [-0.39, 0.29) is 23.3 Å². The highest BCUT2D eigenvalue weighted by Crippen LogP contribution is 2.34. The Bertz CT molecular complexity index is 1280. The van der Waals surface area contributed by atoms with Gasteiger partial charge >= 0.3 is 0 Å². The first-order valence-electron chi connectivity index (χ1n) is 14.2. The molecule has 0 bridgehead atoms. The fraction of sp³-hybridized carbons (Fsp3) is 0.394. The molecule has 218 valence electrons. The first kappa shape index (κ1) is 31.0. The SMILES string of the molecule is COCCN(CC(CCN1CCC(NC(C)=O)(c2ccccc2)CC1)c1ccc(Cl)c(Cl)c1)C(=O)c1ccccc1. The lowest BCUT2D eigenvalue weighted by atomic mass is 9.80. The molecule has 8 heteroatoms. The number of nitrogens with one attached hydrogen (secondary N) is 1. The average molecular weight is 597 g/mol. The van der Waals surface area contributed by atoms with Crippen molar-refractivity contribution in [2.24, 2.45) is 0 Å². The number of likely N-dealkylation sites (tertiary alicyclic amines) is 1. The zero-order valence-corrected chi connectivity index (χ0v) is 25.3. The number of benzene rings is 3. The van der Waals surface area contributed by atoms with E-state index in [9.17, 15) is 9.59 Å². The first-order valence-corrected chi connectivity index (χ1v) is 14.9.